The van der Waals surface area contributed by atoms with Crippen LogP contribution in [0.3, 0.4) is 0 Å². The number of para-hydroxylation sites is 2. The van der Waals surface area contributed by atoms with Crippen molar-refractivity contribution in [3.8, 4) is 11.5 Å². The van der Waals surface area contributed by atoms with Gasteiger partial charge >= 0.3 is 0 Å². The maximum absolute atomic E-state index is 13.0. The van der Waals surface area contributed by atoms with Crippen LogP contribution < -0.4 is 9.47 Å². The molecule has 0 saturated heterocycles. The first-order chi connectivity index (χ1) is 11.7. The number of rotatable bonds is 5. The zero-order valence-corrected chi connectivity index (χ0v) is 13.6. The van der Waals surface area contributed by atoms with Crippen molar-refractivity contribution in [2.24, 2.45) is 0 Å². The van der Waals surface area contributed by atoms with Gasteiger partial charge in [0.25, 0.3) is 0 Å². The average molecular weight is 329 g/mol. The van der Waals surface area contributed by atoms with Crippen molar-refractivity contribution in [1.82, 2.24) is 4.90 Å². The van der Waals surface area contributed by atoms with Crippen molar-refractivity contribution >= 4 is 5.91 Å². The number of benzene rings is 2. The zero-order valence-electron chi connectivity index (χ0n) is 13.6. The molecular weight excluding hydrogens is 309 g/mol. The summed E-state index contributed by atoms with van der Waals surface area (Å²) in [6.07, 6.45) is 0.0511. The lowest BCUT2D eigenvalue weighted by Gasteiger charge is -2.31. The predicted octanol–water partition coefficient (Wildman–Crippen LogP) is 3.06. The van der Waals surface area contributed by atoms with Crippen LogP contribution in [0, 0.1) is 5.82 Å². The number of nitrogens with zero attached hydrogens (tertiary/aromatic N) is 1. The van der Waals surface area contributed by atoms with Gasteiger partial charge in [0.05, 0.1) is 13.0 Å². The third kappa shape index (κ3) is 3.85. The molecule has 0 saturated carbocycles. The monoisotopic (exact) mass is 329 g/mol. The topological polar surface area (TPSA) is 38.8 Å². The fraction of sp³-hybridized carbons (Fsp3) is 0.316. The molecule has 2 aromatic rings. The Hall–Kier alpha value is -2.56. The van der Waals surface area contributed by atoms with Crippen LogP contribution in [0.5, 0.6) is 11.5 Å². The van der Waals surface area contributed by atoms with Gasteiger partial charge in [0.1, 0.15) is 12.4 Å². The number of carbonyl (C=O) groups excluding carboxylic acids is 1. The smallest absolute Gasteiger partial charge is 0.227 e. The molecule has 1 aliphatic rings. The number of halogens is 1. The van der Waals surface area contributed by atoms with Gasteiger partial charge in [-0.25, -0.2) is 4.39 Å². The third-order valence-corrected chi connectivity index (χ3v) is 3.99. The Labute approximate surface area is 140 Å². The molecule has 0 aromatic heterocycles. The first kappa shape index (κ1) is 16.3. The Bertz CT molecular complexity index is 702. The Morgan fingerprint density at radius 2 is 1.88 bits per heavy atom. The maximum atomic E-state index is 13.0. The van der Waals surface area contributed by atoms with E-state index < -0.39 is 0 Å². The second kappa shape index (κ2) is 7.34. The summed E-state index contributed by atoms with van der Waals surface area (Å²) in [5, 5.41) is 0. The molecule has 1 unspecified atom stereocenters. The molecular formula is C19H20FNO3. The second-order valence-electron chi connectivity index (χ2n) is 5.73. The van der Waals surface area contributed by atoms with Gasteiger partial charge in [0.15, 0.2) is 17.6 Å². The van der Waals surface area contributed by atoms with Crippen LogP contribution in [0.4, 0.5) is 4.39 Å². The van der Waals surface area contributed by atoms with Crippen LogP contribution in [-0.4, -0.2) is 36.6 Å². The van der Waals surface area contributed by atoms with E-state index in [-0.39, 0.29) is 24.2 Å². The van der Waals surface area contributed by atoms with Crippen LogP contribution in [0.2, 0.25) is 0 Å². The molecule has 1 amide bonds. The maximum Gasteiger partial charge on any atom is 0.227 e. The van der Waals surface area contributed by atoms with E-state index in [1.807, 2.05) is 31.2 Å². The van der Waals surface area contributed by atoms with Crippen molar-refractivity contribution in [3.05, 3.63) is 59.9 Å². The Kier molecular flexibility index (Phi) is 4.99. The molecule has 0 spiro atoms. The second-order valence-corrected chi connectivity index (χ2v) is 5.73. The first-order valence-electron chi connectivity index (χ1n) is 8.06. The molecule has 0 bridgehead atoms. The predicted molar refractivity (Wildman–Crippen MR) is 88.7 cm³/mol. The molecule has 5 heteroatoms. The molecule has 126 valence electrons. The van der Waals surface area contributed by atoms with Crippen LogP contribution in [0.1, 0.15) is 12.5 Å². The van der Waals surface area contributed by atoms with E-state index in [2.05, 4.69) is 0 Å². The Balaban J connectivity index is 1.60. The third-order valence-electron chi connectivity index (χ3n) is 3.99. The lowest BCUT2D eigenvalue weighted by atomic mass is 10.1. The minimum Gasteiger partial charge on any atom is -0.486 e. The highest BCUT2D eigenvalue weighted by molar-refractivity contribution is 5.78. The number of ether oxygens (including phenoxy) is 2. The molecule has 1 heterocycles. The molecule has 0 radical (unpaired) electrons. The molecule has 24 heavy (non-hydrogen) atoms. The number of likely N-dealkylation sites (N-methyl/N-ethyl adjacent to an activating group) is 1. The van der Waals surface area contributed by atoms with E-state index in [9.17, 15) is 9.18 Å². The van der Waals surface area contributed by atoms with Gasteiger partial charge in [0.2, 0.25) is 5.91 Å². The summed E-state index contributed by atoms with van der Waals surface area (Å²) in [6, 6.07) is 13.5. The summed E-state index contributed by atoms with van der Waals surface area (Å²) in [5.74, 6) is 1.13. The number of carbonyl (C=O) groups is 1. The van der Waals surface area contributed by atoms with Gasteiger partial charge in [-0.05, 0) is 36.8 Å². The molecule has 2 aromatic carbocycles. The largest absolute Gasteiger partial charge is 0.486 e. The molecule has 0 fully saturated rings. The lowest BCUT2D eigenvalue weighted by Crippen LogP contribution is -2.44. The minimum atomic E-state index is -0.301. The summed E-state index contributed by atoms with van der Waals surface area (Å²) >= 11 is 0. The fourth-order valence-corrected chi connectivity index (χ4v) is 2.69. The normalized spacial score (nSPS) is 15.8. The number of hydrogen-bond acceptors (Lipinski definition) is 3. The number of amides is 1. The van der Waals surface area contributed by atoms with Crippen molar-refractivity contribution in [3.63, 3.8) is 0 Å². The molecule has 1 aliphatic heterocycles. The van der Waals surface area contributed by atoms with E-state index >= 15 is 0 Å². The molecule has 3 rings (SSSR count). The van der Waals surface area contributed by atoms with E-state index in [0.717, 1.165) is 11.3 Å². The lowest BCUT2D eigenvalue weighted by molar-refractivity contribution is -0.131. The van der Waals surface area contributed by atoms with Gasteiger partial charge in [0, 0.05) is 6.54 Å². The number of fused-ring (bicyclic) bond motifs is 1. The highest BCUT2D eigenvalue weighted by Crippen LogP contribution is 2.31. The first-order valence-corrected chi connectivity index (χ1v) is 8.06. The van der Waals surface area contributed by atoms with Crippen LogP contribution in [-0.2, 0) is 11.2 Å². The number of hydrogen-bond donors (Lipinski definition) is 0. The standard InChI is InChI=1S/C19H20FNO3/c1-2-21(19(22)11-14-7-9-15(20)10-8-14)12-16-13-23-17-5-3-4-6-18(17)24-16/h3-10,16H,2,11-13H2,1H3. The molecule has 1 atom stereocenters. The van der Waals surface area contributed by atoms with Crippen molar-refractivity contribution in [1.29, 1.82) is 0 Å². The Morgan fingerprint density at radius 1 is 1.17 bits per heavy atom. The minimum absolute atomic E-state index is 0.00781. The summed E-state index contributed by atoms with van der Waals surface area (Å²) < 4.78 is 24.6. The van der Waals surface area contributed by atoms with E-state index in [1.165, 1.54) is 12.1 Å². The molecule has 4 nitrogen and oxygen atoms in total. The van der Waals surface area contributed by atoms with Crippen LogP contribution in [0.25, 0.3) is 0 Å². The highest BCUT2D eigenvalue weighted by Gasteiger charge is 2.24. The SMILES string of the molecule is CCN(CC1COc2ccccc2O1)C(=O)Cc1ccc(F)cc1. The van der Waals surface area contributed by atoms with Gasteiger partial charge in [-0.15, -0.1) is 0 Å². The van der Waals surface area contributed by atoms with Crippen LogP contribution >= 0.6 is 0 Å². The van der Waals surface area contributed by atoms with Gasteiger partial charge < -0.3 is 14.4 Å². The van der Waals surface area contributed by atoms with E-state index in [1.54, 1.807) is 17.0 Å². The van der Waals surface area contributed by atoms with Crippen LogP contribution in [0.15, 0.2) is 48.5 Å². The van der Waals surface area contributed by atoms with Crippen molar-refractivity contribution in [2.45, 2.75) is 19.4 Å². The van der Waals surface area contributed by atoms with Gasteiger partial charge in [-0.3, -0.25) is 4.79 Å². The molecule has 0 aliphatic carbocycles. The summed E-state index contributed by atoms with van der Waals surface area (Å²) in [7, 11) is 0. The summed E-state index contributed by atoms with van der Waals surface area (Å²) in [6.45, 7) is 3.39. The van der Waals surface area contributed by atoms with Crippen molar-refractivity contribution in [2.75, 3.05) is 19.7 Å². The Morgan fingerprint density at radius 3 is 2.58 bits per heavy atom. The van der Waals surface area contributed by atoms with E-state index in [0.29, 0.717) is 25.4 Å². The summed E-state index contributed by atoms with van der Waals surface area (Å²) in [4.78, 5) is 14.2. The highest BCUT2D eigenvalue weighted by atomic mass is 19.1. The fourth-order valence-electron chi connectivity index (χ4n) is 2.69. The zero-order chi connectivity index (χ0) is 16.9. The summed E-state index contributed by atoms with van der Waals surface area (Å²) in [5.41, 5.74) is 0.797. The van der Waals surface area contributed by atoms with E-state index in [4.69, 9.17) is 9.47 Å². The average Bonchev–Trinajstić information content (AvgIpc) is 2.61. The quantitative estimate of drug-likeness (QED) is 0.846. The van der Waals surface area contributed by atoms with Gasteiger partial charge in [-0.1, -0.05) is 24.3 Å². The van der Waals surface area contributed by atoms with Gasteiger partial charge in [-0.2, -0.15) is 0 Å². The molecule has 0 N–H and O–H groups in total. The van der Waals surface area contributed by atoms with Crippen molar-refractivity contribution < 1.29 is 18.7 Å².